The molecule has 1 unspecified atom stereocenters. The molecule has 2 heterocycles. The van der Waals surface area contributed by atoms with Crippen LogP contribution in [0.5, 0.6) is 0 Å². The van der Waals surface area contributed by atoms with Crippen molar-refractivity contribution in [2.45, 2.75) is 19.9 Å². The summed E-state index contributed by atoms with van der Waals surface area (Å²) in [4.78, 5) is 17.6. The number of likely N-dealkylation sites (tertiary alicyclic amines) is 1. The number of hydrogen-bond donors (Lipinski definition) is 1. The number of carbonyl (C=O) groups excluding carboxylic acids is 1. The van der Waals surface area contributed by atoms with Crippen LogP contribution >= 0.6 is 0 Å². The van der Waals surface area contributed by atoms with Crippen molar-refractivity contribution in [2.24, 2.45) is 11.7 Å². The lowest BCUT2D eigenvalue weighted by Gasteiger charge is -2.17. The van der Waals surface area contributed by atoms with Gasteiger partial charge in [0.25, 0.3) is 0 Å². The molecule has 4 nitrogen and oxygen atoms in total. The Morgan fingerprint density at radius 2 is 2.44 bits per heavy atom. The molecule has 4 heteroatoms. The highest BCUT2D eigenvalue weighted by molar-refractivity contribution is 5.78. The zero-order valence-electron chi connectivity index (χ0n) is 9.52. The lowest BCUT2D eigenvalue weighted by Crippen LogP contribution is -2.26. The zero-order chi connectivity index (χ0) is 11.5. The fourth-order valence-electron chi connectivity index (χ4n) is 2.05. The van der Waals surface area contributed by atoms with E-state index in [0.29, 0.717) is 25.4 Å². The van der Waals surface area contributed by atoms with E-state index < -0.39 is 0 Å². The van der Waals surface area contributed by atoms with E-state index in [1.54, 1.807) is 6.20 Å². The van der Waals surface area contributed by atoms with Crippen molar-refractivity contribution in [1.29, 1.82) is 0 Å². The number of aromatic nitrogens is 1. The largest absolute Gasteiger partial charge is 0.338 e. The minimum Gasteiger partial charge on any atom is -0.338 e. The number of aryl methyl sites for hydroxylation is 1. The number of amides is 1. The molecule has 1 aliphatic heterocycles. The van der Waals surface area contributed by atoms with Crippen molar-refractivity contribution in [1.82, 2.24) is 9.88 Å². The van der Waals surface area contributed by atoms with Gasteiger partial charge in [-0.05, 0) is 36.6 Å². The van der Waals surface area contributed by atoms with E-state index >= 15 is 0 Å². The molecule has 0 radical (unpaired) electrons. The first-order valence-corrected chi connectivity index (χ1v) is 5.58. The predicted octanol–water partition coefficient (Wildman–Crippen LogP) is 0.697. The molecule has 1 aromatic heterocycles. The van der Waals surface area contributed by atoms with Gasteiger partial charge in [-0.2, -0.15) is 0 Å². The van der Waals surface area contributed by atoms with E-state index in [4.69, 9.17) is 5.73 Å². The van der Waals surface area contributed by atoms with Gasteiger partial charge in [0.05, 0.1) is 0 Å². The van der Waals surface area contributed by atoms with Gasteiger partial charge in [-0.1, -0.05) is 0 Å². The molecule has 1 amide bonds. The van der Waals surface area contributed by atoms with Gasteiger partial charge in [0, 0.05) is 31.9 Å². The molecule has 2 N–H and O–H groups in total. The molecule has 1 aromatic rings. The van der Waals surface area contributed by atoms with Crippen molar-refractivity contribution in [2.75, 3.05) is 13.1 Å². The van der Waals surface area contributed by atoms with Gasteiger partial charge < -0.3 is 10.6 Å². The summed E-state index contributed by atoms with van der Waals surface area (Å²) in [6, 6.07) is 1.97. The van der Waals surface area contributed by atoms with E-state index in [0.717, 1.165) is 12.1 Å². The average Bonchev–Trinajstić information content (AvgIpc) is 2.63. The standard InChI is InChI=1S/C12H17N3O/c1-9-6-14-3-2-11(9)8-15-7-10(5-13)4-12(15)16/h2-3,6,10H,4-5,7-8,13H2,1H3. The van der Waals surface area contributed by atoms with Crippen LogP contribution in [-0.4, -0.2) is 28.9 Å². The first-order chi connectivity index (χ1) is 7.70. The molecule has 0 aliphatic carbocycles. The molecule has 16 heavy (non-hydrogen) atoms. The summed E-state index contributed by atoms with van der Waals surface area (Å²) in [6.45, 7) is 4.08. The Kier molecular flexibility index (Phi) is 3.19. The number of nitrogens with two attached hydrogens (primary N) is 1. The Bertz CT molecular complexity index is 392. The summed E-state index contributed by atoms with van der Waals surface area (Å²) in [5, 5.41) is 0. The Morgan fingerprint density at radius 1 is 1.62 bits per heavy atom. The van der Waals surface area contributed by atoms with E-state index in [1.807, 2.05) is 24.1 Å². The fraction of sp³-hybridized carbons (Fsp3) is 0.500. The molecule has 1 saturated heterocycles. The van der Waals surface area contributed by atoms with Crippen LogP contribution in [0.15, 0.2) is 18.5 Å². The average molecular weight is 219 g/mol. The van der Waals surface area contributed by atoms with E-state index in [1.165, 1.54) is 5.56 Å². The summed E-state index contributed by atoms with van der Waals surface area (Å²) in [5.74, 6) is 0.543. The van der Waals surface area contributed by atoms with Crippen LogP contribution in [0, 0.1) is 12.8 Å². The predicted molar refractivity (Wildman–Crippen MR) is 61.6 cm³/mol. The van der Waals surface area contributed by atoms with Gasteiger partial charge in [-0.15, -0.1) is 0 Å². The Balaban J connectivity index is 2.06. The first-order valence-electron chi connectivity index (χ1n) is 5.58. The van der Waals surface area contributed by atoms with Crippen molar-refractivity contribution >= 4 is 5.91 Å². The molecule has 2 rings (SSSR count). The number of nitrogens with zero attached hydrogens (tertiary/aromatic N) is 2. The maximum Gasteiger partial charge on any atom is 0.223 e. The Hall–Kier alpha value is -1.42. The Labute approximate surface area is 95.5 Å². The third-order valence-electron chi connectivity index (χ3n) is 3.13. The molecule has 0 saturated carbocycles. The van der Waals surface area contributed by atoms with Crippen molar-refractivity contribution in [3.63, 3.8) is 0 Å². The summed E-state index contributed by atoms with van der Waals surface area (Å²) in [7, 11) is 0. The van der Waals surface area contributed by atoms with Gasteiger partial charge in [0.2, 0.25) is 5.91 Å². The quantitative estimate of drug-likeness (QED) is 0.814. The van der Waals surface area contributed by atoms with Crippen molar-refractivity contribution in [3.05, 3.63) is 29.6 Å². The van der Waals surface area contributed by atoms with Crippen LogP contribution in [0.25, 0.3) is 0 Å². The topological polar surface area (TPSA) is 59.2 Å². The molecular weight excluding hydrogens is 202 g/mol. The van der Waals surface area contributed by atoms with Gasteiger partial charge in [-0.25, -0.2) is 0 Å². The van der Waals surface area contributed by atoms with Crippen LogP contribution < -0.4 is 5.73 Å². The third kappa shape index (κ3) is 2.22. The first kappa shape index (κ1) is 11.1. The van der Waals surface area contributed by atoms with E-state index in [-0.39, 0.29) is 5.91 Å². The van der Waals surface area contributed by atoms with Crippen molar-refractivity contribution in [3.8, 4) is 0 Å². The maximum atomic E-state index is 11.7. The molecule has 0 bridgehead atoms. The second-order valence-corrected chi connectivity index (χ2v) is 4.38. The third-order valence-corrected chi connectivity index (χ3v) is 3.13. The lowest BCUT2D eigenvalue weighted by atomic mass is 10.1. The fourth-order valence-corrected chi connectivity index (χ4v) is 2.05. The van der Waals surface area contributed by atoms with Crippen LogP contribution in [0.2, 0.25) is 0 Å². The minimum atomic E-state index is 0.215. The molecule has 1 fully saturated rings. The molecule has 0 aromatic carbocycles. The normalized spacial score (nSPS) is 20.5. The maximum absolute atomic E-state index is 11.7. The second-order valence-electron chi connectivity index (χ2n) is 4.38. The molecule has 0 spiro atoms. The van der Waals surface area contributed by atoms with Crippen molar-refractivity contribution < 1.29 is 4.79 Å². The summed E-state index contributed by atoms with van der Waals surface area (Å²) in [5.41, 5.74) is 7.89. The summed E-state index contributed by atoms with van der Waals surface area (Å²) >= 11 is 0. The SMILES string of the molecule is Cc1cnccc1CN1CC(CN)CC1=O. The lowest BCUT2D eigenvalue weighted by molar-refractivity contribution is -0.128. The summed E-state index contributed by atoms with van der Waals surface area (Å²) < 4.78 is 0. The van der Waals surface area contributed by atoms with Crippen LogP contribution in [0.3, 0.4) is 0 Å². The smallest absolute Gasteiger partial charge is 0.223 e. The van der Waals surface area contributed by atoms with Gasteiger partial charge in [0.1, 0.15) is 0 Å². The number of carbonyl (C=O) groups is 1. The number of pyridine rings is 1. The highest BCUT2D eigenvalue weighted by Gasteiger charge is 2.28. The van der Waals surface area contributed by atoms with E-state index in [9.17, 15) is 4.79 Å². The van der Waals surface area contributed by atoms with Gasteiger partial charge >= 0.3 is 0 Å². The molecule has 1 aliphatic rings. The van der Waals surface area contributed by atoms with Gasteiger partial charge in [-0.3, -0.25) is 9.78 Å². The molecule has 86 valence electrons. The monoisotopic (exact) mass is 219 g/mol. The van der Waals surface area contributed by atoms with E-state index in [2.05, 4.69) is 4.98 Å². The highest BCUT2D eigenvalue weighted by atomic mass is 16.2. The van der Waals surface area contributed by atoms with Crippen LogP contribution in [0.1, 0.15) is 17.5 Å². The highest BCUT2D eigenvalue weighted by Crippen LogP contribution is 2.20. The minimum absolute atomic E-state index is 0.215. The number of rotatable bonds is 3. The molecule has 1 atom stereocenters. The van der Waals surface area contributed by atoms with Gasteiger partial charge in [0.15, 0.2) is 0 Å². The second kappa shape index (κ2) is 4.61. The Morgan fingerprint density at radius 3 is 3.06 bits per heavy atom. The van der Waals surface area contributed by atoms with Crippen LogP contribution in [0.4, 0.5) is 0 Å². The molecular formula is C12H17N3O. The van der Waals surface area contributed by atoms with Crippen LogP contribution in [-0.2, 0) is 11.3 Å². The number of hydrogen-bond acceptors (Lipinski definition) is 3. The zero-order valence-corrected chi connectivity index (χ0v) is 9.52. The summed E-state index contributed by atoms with van der Waals surface area (Å²) in [6.07, 6.45) is 4.19.